The Labute approximate surface area is 165 Å². The lowest BCUT2D eigenvalue weighted by Gasteiger charge is -2.17. The third-order valence-corrected chi connectivity index (χ3v) is 5.66. The predicted molar refractivity (Wildman–Crippen MR) is 104 cm³/mol. The molecule has 10 heteroatoms. The summed E-state index contributed by atoms with van der Waals surface area (Å²) in [6, 6.07) is 4.86. The van der Waals surface area contributed by atoms with Gasteiger partial charge in [-0.3, -0.25) is 14.4 Å². The number of aromatic nitrogens is 1. The van der Waals surface area contributed by atoms with Crippen LogP contribution in [-0.2, 0) is 19.1 Å². The fourth-order valence-electron chi connectivity index (χ4n) is 2.13. The minimum absolute atomic E-state index is 0.0506. The first-order chi connectivity index (χ1) is 12.9. The highest BCUT2D eigenvalue weighted by Gasteiger charge is 2.21. The van der Waals surface area contributed by atoms with E-state index in [4.69, 9.17) is 9.26 Å². The van der Waals surface area contributed by atoms with Gasteiger partial charge in [0, 0.05) is 10.9 Å². The number of carbonyl (C=O) groups is 3. The topological polar surface area (TPSA) is 111 Å². The number of hydrogen-bond acceptors (Lipinski definition) is 8. The van der Waals surface area contributed by atoms with E-state index in [9.17, 15) is 14.4 Å². The Balaban J connectivity index is 1.83. The SMILES string of the molecule is COC(=O)CC(NC(=O)CSC(C)C(=O)Nc1cc(C)on1)c1cccs1. The fourth-order valence-corrected chi connectivity index (χ4v) is 3.60. The predicted octanol–water partition coefficient (Wildman–Crippen LogP) is 2.53. The van der Waals surface area contributed by atoms with E-state index >= 15 is 0 Å². The van der Waals surface area contributed by atoms with Crippen LogP contribution >= 0.6 is 23.1 Å². The largest absolute Gasteiger partial charge is 0.469 e. The Hall–Kier alpha value is -2.33. The van der Waals surface area contributed by atoms with Gasteiger partial charge in [0.05, 0.1) is 30.6 Å². The summed E-state index contributed by atoms with van der Waals surface area (Å²) in [4.78, 5) is 36.8. The van der Waals surface area contributed by atoms with Gasteiger partial charge in [0.25, 0.3) is 0 Å². The number of esters is 1. The van der Waals surface area contributed by atoms with Crippen molar-refractivity contribution in [2.24, 2.45) is 0 Å². The van der Waals surface area contributed by atoms with Crippen LogP contribution in [0.1, 0.15) is 30.0 Å². The van der Waals surface area contributed by atoms with E-state index in [1.807, 2.05) is 17.5 Å². The smallest absolute Gasteiger partial charge is 0.307 e. The standard InChI is InChI=1S/C17H21N3O5S2/c1-10-7-14(20-25-10)19-17(23)11(2)27-9-15(21)18-12(8-16(22)24-3)13-5-4-6-26-13/h4-7,11-12H,8-9H2,1-3H3,(H,18,21)(H,19,20,23). The molecule has 27 heavy (non-hydrogen) atoms. The van der Waals surface area contributed by atoms with Crippen molar-refractivity contribution < 1.29 is 23.6 Å². The van der Waals surface area contributed by atoms with E-state index in [2.05, 4.69) is 15.8 Å². The fraction of sp³-hybridized carbons (Fsp3) is 0.412. The van der Waals surface area contributed by atoms with Gasteiger partial charge in [0.2, 0.25) is 11.8 Å². The van der Waals surface area contributed by atoms with Crippen molar-refractivity contribution in [3.8, 4) is 0 Å². The summed E-state index contributed by atoms with van der Waals surface area (Å²) in [5.41, 5.74) is 0. The van der Waals surface area contributed by atoms with Crippen molar-refractivity contribution in [1.82, 2.24) is 10.5 Å². The first kappa shape index (κ1) is 21.0. The van der Waals surface area contributed by atoms with Crippen LogP contribution in [0.5, 0.6) is 0 Å². The van der Waals surface area contributed by atoms with Crippen molar-refractivity contribution in [2.45, 2.75) is 31.6 Å². The van der Waals surface area contributed by atoms with E-state index in [1.165, 1.54) is 30.2 Å². The van der Waals surface area contributed by atoms with Gasteiger partial charge in [-0.05, 0) is 25.3 Å². The second kappa shape index (κ2) is 10.1. The lowest BCUT2D eigenvalue weighted by Crippen LogP contribution is -2.32. The number of nitrogens with one attached hydrogen (secondary N) is 2. The average molecular weight is 412 g/mol. The van der Waals surface area contributed by atoms with E-state index in [0.717, 1.165) is 4.88 Å². The molecule has 146 valence electrons. The summed E-state index contributed by atoms with van der Waals surface area (Å²) in [5.74, 6) is 0.0670. The minimum atomic E-state index is -0.464. The molecule has 2 heterocycles. The Bertz CT molecular complexity index is 775. The number of aryl methyl sites for hydroxylation is 1. The number of amides is 2. The quantitative estimate of drug-likeness (QED) is 0.610. The highest BCUT2D eigenvalue weighted by Crippen LogP contribution is 2.23. The third-order valence-electron chi connectivity index (χ3n) is 3.53. The van der Waals surface area contributed by atoms with E-state index in [1.54, 1.807) is 19.9 Å². The number of nitrogens with zero attached hydrogens (tertiary/aromatic N) is 1. The van der Waals surface area contributed by atoms with Crippen LogP contribution in [0.4, 0.5) is 5.82 Å². The van der Waals surface area contributed by atoms with Crippen LogP contribution < -0.4 is 10.6 Å². The monoisotopic (exact) mass is 411 g/mol. The van der Waals surface area contributed by atoms with Gasteiger partial charge in [-0.15, -0.1) is 23.1 Å². The molecule has 0 aliphatic rings. The van der Waals surface area contributed by atoms with Gasteiger partial charge in [0.1, 0.15) is 5.76 Å². The Morgan fingerprint density at radius 3 is 2.78 bits per heavy atom. The Morgan fingerprint density at radius 2 is 2.19 bits per heavy atom. The zero-order valence-electron chi connectivity index (χ0n) is 15.2. The van der Waals surface area contributed by atoms with E-state index in [0.29, 0.717) is 11.6 Å². The second-order valence-electron chi connectivity index (χ2n) is 5.68. The lowest BCUT2D eigenvalue weighted by molar-refractivity contribution is -0.141. The van der Waals surface area contributed by atoms with Gasteiger partial charge in [-0.25, -0.2) is 0 Å². The van der Waals surface area contributed by atoms with Crippen LogP contribution in [0.25, 0.3) is 0 Å². The number of thiophene rings is 1. The number of thioether (sulfide) groups is 1. The summed E-state index contributed by atoms with van der Waals surface area (Å²) in [5, 5.41) is 10.6. The zero-order chi connectivity index (χ0) is 19.8. The maximum absolute atomic E-state index is 12.3. The summed E-state index contributed by atoms with van der Waals surface area (Å²) in [7, 11) is 1.31. The maximum Gasteiger partial charge on any atom is 0.307 e. The molecule has 0 aliphatic carbocycles. The van der Waals surface area contributed by atoms with Crippen LogP contribution in [0.15, 0.2) is 28.1 Å². The van der Waals surface area contributed by atoms with Crippen molar-refractivity contribution in [2.75, 3.05) is 18.2 Å². The number of ether oxygens (including phenoxy) is 1. The molecule has 2 aromatic rings. The Morgan fingerprint density at radius 1 is 1.41 bits per heavy atom. The maximum atomic E-state index is 12.3. The third kappa shape index (κ3) is 6.72. The molecule has 2 rings (SSSR count). The molecule has 2 atom stereocenters. The summed E-state index contributed by atoms with van der Waals surface area (Å²) in [6.45, 7) is 3.43. The average Bonchev–Trinajstić information content (AvgIpc) is 3.30. The molecule has 0 radical (unpaired) electrons. The first-order valence-electron chi connectivity index (χ1n) is 8.14. The highest BCUT2D eigenvalue weighted by molar-refractivity contribution is 8.01. The minimum Gasteiger partial charge on any atom is -0.469 e. The van der Waals surface area contributed by atoms with Crippen molar-refractivity contribution >= 4 is 46.7 Å². The summed E-state index contributed by atoms with van der Waals surface area (Å²) >= 11 is 2.64. The zero-order valence-corrected chi connectivity index (χ0v) is 16.8. The van der Waals surface area contributed by atoms with Gasteiger partial charge < -0.3 is 19.9 Å². The molecule has 0 saturated heterocycles. The molecule has 0 fully saturated rings. The van der Waals surface area contributed by atoms with Gasteiger partial charge in [-0.1, -0.05) is 11.2 Å². The molecule has 2 amide bonds. The van der Waals surface area contributed by atoms with Crippen LogP contribution in [0.3, 0.4) is 0 Å². The molecule has 0 aromatic carbocycles. The number of carbonyl (C=O) groups excluding carboxylic acids is 3. The van der Waals surface area contributed by atoms with Crippen LogP contribution in [0, 0.1) is 6.92 Å². The summed E-state index contributed by atoms with van der Waals surface area (Å²) in [6.07, 6.45) is 0.0506. The second-order valence-corrected chi connectivity index (χ2v) is 7.99. The van der Waals surface area contributed by atoms with Gasteiger partial charge >= 0.3 is 5.97 Å². The number of anilines is 1. The Kier molecular flexibility index (Phi) is 7.86. The molecular formula is C17H21N3O5S2. The molecule has 2 unspecified atom stereocenters. The van der Waals surface area contributed by atoms with Crippen molar-refractivity contribution in [3.63, 3.8) is 0 Å². The van der Waals surface area contributed by atoms with Crippen LogP contribution in [0.2, 0.25) is 0 Å². The van der Waals surface area contributed by atoms with E-state index in [-0.39, 0.29) is 24.0 Å². The molecule has 0 spiro atoms. The molecule has 0 saturated carbocycles. The van der Waals surface area contributed by atoms with Crippen molar-refractivity contribution in [3.05, 3.63) is 34.2 Å². The summed E-state index contributed by atoms with van der Waals surface area (Å²) < 4.78 is 9.58. The number of hydrogen-bond donors (Lipinski definition) is 2. The molecule has 0 aliphatic heterocycles. The normalized spacial score (nSPS) is 12.9. The molecular weight excluding hydrogens is 390 g/mol. The molecule has 2 aromatic heterocycles. The lowest BCUT2D eigenvalue weighted by atomic mass is 10.1. The highest BCUT2D eigenvalue weighted by atomic mass is 32.2. The molecule has 0 bridgehead atoms. The van der Waals surface area contributed by atoms with Gasteiger partial charge in [-0.2, -0.15) is 0 Å². The van der Waals surface area contributed by atoms with Crippen molar-refractivity contribution in [1.29, 1.82) is 0 Å². The number of methoxy groups -OCH3 is 1. The molecule has 2 N–H and O–H groups in total. The number of rotatable bonds is 9. The van der Waals surface area contributed by atoms with Crippen LogP contribution in [-0.4, -0.2) is 41.1 Å². The van der Waals surface area contributed by atoms with E-state index < -0.39 is 17.3 Å². The molecule has 8 nitrogen and oxygen atoms in total. The first-order valence-corrected chi connectivity index (χ1v) is 10.1. The van der Waals surface area contributed by atoms with Gasteiger partial charge in [0.15, 0.2) is 5.82 Å².